The average molecular weight is 417 g/mol. The van der Waals surface area contributed by atoms with Gasteiger partial charge in [-0.15, -0.1) is 0 Å². The molecule has 0 radical (unpaired) electrons. The van der Waals surface area contributed by atoms with Crippen LogP contribution >= 0.6 is 0 Å². The van der Waals surface area contributed by atoms with E-state index >= 15 is 0 Å². The van der Waals surface area contributed by atoms with E-state index in [1.165, 1.54) is 17.2 Å². The van der Waals surface area contributed by atoms with Crippen molar-refractivity contribution in [3.05, 3.63) is 12.7 Å². The monoisotopic (exact) mass is 417 g/mol. The molecule has 156 valence electrons. The number of likely N-dealkylation sites (N-methyl/N-ethyl adjacent to an activating group) is 1. The van der Waals surface area contributed by atoms with Crippen LogP contribution in [0.3, 0.4) is 0 Å². The van der Waals surface area contributed by atoms with Gasteiger partial charge in [0.1, 0.15) is 30.2 Å². The minimum atomic E-state index is -4.82. The Kier molecular flexibility index (Phi) is 6.09. The number of hydrogen-bond donors (Lipinski definition) is 4. The number of aliphatic hydroxyl groups excluding tert-OH is 1. The Morgan fingerprint density at radius 3 is 2.82 bits per heavy atom. The molecule has 1 aliphatic heterocycles. The van der Waals surface area contributed by atoms with Crippen LogP contribution in [-0.2, 0) is 19.3 Å². The molecule has 14 heteroatoms. The summed E-state index contributed by atoms with van der Waals surface area (Å²) in [6, 6.07) is 0. The maximum Gasteiger partial charge on any atom is 0.397 e. The number of anilines is 1. The van der Waals surface area contributed by atoms with Gasteiger partial charge in [-0.05, 0) is 26.6 Å². The molecule has 2 aromatic rings. The molecule has 0 aliphatic carbocycles. The van der Waals surface area contributed by atoms with E-state index in [4.69, 9.17) is 24.9 Å². The average Bonchev–Trinajstić information content (AvgIpc) is 3.16. The summed E-state index contributed by atoms with van der Waals surface area (Å²) in [6.07, 6.45) is -1.36. The van der Waals surface area contributed by atoms with Crippen LogP contribution in [0.5, 0.6) is 0 Å². The molecule has 3 rings (SSSR count). The van der Waals surface area contributed by atoms with Gasteiger partial charge in [-0.1, -0.05) is 0 Å². The molecule has 1 fully saturated rings. The van der Waals surface area contributed by atoms with Crippen molar-refractivity contribution >= 4 is 27.4 Å². The summed E-state index contributed by atoms with van der Waals surface area (Å²) in [5.41, 5.74) is 11.9. The fraction of sp³-hybridized carbons (Fsp3) is 0.643. The number of aliphatic hydroxyl groups is 1. The van der Waals surface area contributed by atoms with Crippen LogP contribution in [0.2, 0.25) is 0 Å². The van der Waals surface area contributed by atoms with Crippen molar-refractivity contribution in [2.45, 2.75) is 31.0 Å². The number of nitrogen functional groups attached to an aromatic ring is 1. The van der Waals surface area contributed by atoms with Crippen molar-refractivity contribution in [1.82, 2.24) is 24.4 Å². The van der Waals surface area contributed by atoms with Gasteiger partial charge < -0.3 is 26.2 Å². The maximum absolute atomic E-state index is 11.3. The lowest BCUT2D eigenvalue weighted by Crippen LogP contribution is -2.42. The first-order chi connectivity index (χ1) is 13.2. The Morgan fingerprint density at radius 2 is 2.14 bits per heavy atom. The molecule has 0 bridgehead atoms. The maximum atomic E-state index is 11.3. The number of nitrogens with zero attached hydrogens (tertiary/aromatic N) is 5. The number of rotatable bonds is 8. The zero-order valence-electron chi connectivity index (χ0n) is 15.1. The standard InChI is InChI=1S/C14H23N7O6S/c1-20(4-2-3-15)5-8-11(27-28(23,24)25)10(22)14(26-8)21-7-19-9-12(16)17-6-18-13(9)21/h6-8,10-11,14,22H,2-5,15H2,1H3,(H2,16,17,18)(H,23,24,25)/t8-,10-,11-,14-/m1/s1. The van der Waals surface area contributed by atoms with Crippen LogP contribution in [0.15, 0.2) is 12.7 Å². The van der Waals surface area contributed by atoms with Crippen molar-refractivity contribution in [2.75, 3.05) is 32.4 Å². The predicted molar refractivity (Wildman–Crippen MR) is 97.2 cm³/mol. The normalized spacial score (nSPS) is 25.8. The van der Waals surface area contributed by atoms with E-state index in [0.717, 1.165) is 6.42 Å². The van der Waals surface area contributed by atoms with E-state index in [1.807, 2.05) is 4.90 Å². The molecule has 28 heavy (non-hydrogen) atoms. The van der Waals surface area contributed by atoms with E-state index < -0.39 is 34.9 Å². The van der Waals surface area contributed by atoms with Crippen molar-refractivity contribution in [3.63, 3.8) is 0 Å². The van der Waals surface area contributed by atoms with Crippen LogP contribution in [-0.4, -0.2) is 87.5 Å². The topological polar surface area (TPSA) is 192 Å². The lowest BCUT2D eigenvalue weighted by Gasteiger charge is -2.24. The number of imidazole rings is 1. The predicted octanol–water partition coefficient (Wildman–Crippen LogP) is -1.86. The van der Waals surface area contributed by atoms with Gasteiger partial charge in [0.2, 0.25) is 0 Å². The van der Waals surface area contributed by atoms with E-state index in [1.54, 1.807) is 7.05 Å². The summed E-state index contributed by atoms with van der Waals surface area (Å²) in [7, 11) is -3.02. The fourth-order valence-electron chi connectivity index (χ4n) is 3.17. The molecule has 13 nitrogen and oxygen atoms in total. The van der Waals surface area contributed by atoms with Gasteiger partial charge in [0.15, 0.2) is 17.7 Å². The van der Waals surface area contributed by atoms with Gasteiger partial charge >= 0.3 is 10.4 Å². The smallest absolute Gasteiger partial charge is 0.386 e. The van der Waals surface area contributed by atoms with Gasteiger partial charge in [0.25, 0.3) is 0 Å². The van der Waals surface area contributed by atoms with Crippen LogP contribution in [0.25, 0.3) is 11.2 Å². The van der Waals surface area contributed by atoms with Crippen LogP contribution < -0.4 is 11.5 Å². The summed E-state index contributed by atoms with van der Waals surface area (Å²) in [5, 5.41) is 10.7. The summed E-state index contributed by atoms with van der Waals surface area (Å²) < 4.78 is 43.6. The molecule has 1 aliphatic rings. The summed E-state index contributed by atoms with van der Waals surface area (Å²) in [4.78, 5) is 13.9. The molecule has 2 aromatic heterocycles. The highest BCUT2D eigenvalue weighted by atomic mass is 32.3. The molecule has 0 unspecified atom stereocenters. The second-order valence-corrected chi connectivity index (χ2v) is 7.58. The Hall–Kier alpha value is -1.94. The van der Waals surface area contributed by atoms with Gasteiger partial charge in [-0.25, -0.2) is 19.1 Å². The van der Waals surface area contributed by atoms with Crippen molar-refractivity contribution < 1.29 is 27.0 Å². The van der Waals surface area contributed by atoms with Crippen LogP contribution in [0.1, 0.15) is 12.6 Å². The minimum absolute atomic E-state index is 0.153. The zero-order chi connectivity index (χ0) is 20.5. The second-order valence-electron chi connectivity index (χ2n) is 6.53. The molecule has 1 saturated heterocycles. The summed E-state index contributed by atoms with van der Waals surface area (Å²) >= 11 is 0. The Bertz CT molecular complexity index is 922. The minimum Gasteiger partial charge on any atom is -0.386 e. The molecule has 4 atom stereocenters. The first-order valence-electron chi connectivity index (χ1n) is 8.52. The molecular weight excluding hydrogens is 394 g/mol. The Balaban J connectivity index is 1.89. The van der Waals surface area contributed by atoms with E-state index in [0.29, 0.717) is 24.3 Å². The van der Waals surface area contributed by atoms with E-state index in [-0.39, 0.29) is 12.4 Å². The third kappa shape index (κ3) is 4.38. The highest BCUT2D eigenvalue weighted by molar-refractivity contribution is 7.80. The first kappa shape index (κ1) is 20.8. The second kappa shape index (κ2) is 8.20. The quantitative estimate of drug-likeness (QED) is 0.350. The fourth-order valence-corrected chi connectivity index (χ4v) is 3.69. The summed E-state index contributed by atoms with van der Waals surface area (Å²) in [5.74, 6) is 0.153. The zero-order valence-corrected chi connectivity index (χ0v) is 15.9. The van der Waals surface area contributed by atoms with Crippen molar-refractivity contribution in [1.29, 1.82) is 0 Å². The SMILES string of the molecule is CN(CCCN)C[C@H]1O[C@@H](n2cnc3c(N)ncnc32)[C@H](O)[C@@H]1OS(=O)(=O)O. The van der Waals surface area contributed by atoms with E-state index in [9.17, 15) is 13.5 Å². The van der Waals surface area contributed by atoms with Crippen molar-refractivity contribution in [2.24, 2.45) is 5.73 Å². The molecule has 6 N–H and O–H groups in total. The number of hydrogen-bond acceptors (Lipinski definition) is 11. The summed E-state index contributed by atoms with van der Waals surface area (Å²) in [6.45, 7) is 1.36. The third-order valence-electron chi connectivity index (χ3n) is 4.44. The molecule has 0 spiro atoms. The van der Waals surface area contributed by atoms with Gasteiger partial charge in [0, 0.05) is 6.54 Å². The molecule has 3 heterocycles. The van der Waals surface area contributed by atoms with Gasteiger partial charge in [0.05, 0.1) is 6.33 Å². The first-order valence-corrected chi connectivity index (χ1v) is 9.88. The Morgan fingerprint density at radius 1 is 1.39 bits per heavy atom. The van der Waals surface area contributed by atoms with Crippen LogP contribution in [0, 0.1) is 0 Å². The largest absolute Gasteiger partial charge is 0.397 e. The Labute approximate surface area is 161 Å². The lowest BCUT2D eigenvalue weighted by atomic mass is 10.1. The third-order valence-corrected chi connectivity index (χ3v) is 4.90. The lowest BCUT2D eigenvalue weighted by molar-refractivity contribution is -0.0419. The highest BCUT2D eigenvalue weighted by Gasteiger charge is 2.48. The van der Waals surface area contributed by atoms with E-state index in [2.05, 4.69) is 15.0 Å². The van der Waals surface area contributed by atoms with Gasteiger partial charge in [-0.2, -0.15) is 8.42 Å². The van der Waals surface area contributed by atoms with Crippen LogP contribution in [0.4, 0.5) is 5.82 Å². The number of aromatic nitrogens is 4. The number of ether oxygens (including phenoxy) is 1. The molecular formula is C14H23N7O6S. The molecule has 0 aromatic carbocycles. The number of nitrogens with two attached hydrogens (primary N) is 2. The highest BCUT2D eigenvalue weighted by Crippen LogP contribution is 2.34. The van der Waals surface area contributed by atoms with Crippen molar-refractivity contribution in [3.8, 4) is 0 Å². The molecule has 0 amide bonds. The molecule has 0 saturated carbocycles. The number of fused-ring (bicyclic) bond motifs is 1. The van der Waals surface area contributed by atoms with Gasteiger partial charge in [-0.3, -0.25) is 9.12 Å².